The molecular formula is C21H27NO5. The first-order valence-corrected chi connectivity index (χ1v) is 9.64. The zero-order chi connectivity index (χ0) is 19.5. The molecule has 3 rings (SSSR count). The summed E-state index contributed by atoms with van der Waals surface area (Å²) in [6.07, 6.45) is 1.46. The molecule has 1 heterocycles. The van der Waals surface area contributed by atoms with Crippen molar-refractivity contribution >= 4 is 17.7 Å². The molecule has 0 radical (unpaired) electrons. The van der Waals surface area contributed by atoms with E-state index in [0.29, 0.717) is 25.8 Å². The third-order valence-corrected chi connectivity index (χ3v) is 5.64. The van der Waals surface area contributed by atoms with E-state index in [1.54, 1.807) is 13.8 Å². The highest BCUT2D eigenvalue weighted by Crippen LogP contribution is 2.49. The molecule has 1 saturated heterocycles. The molecule has 0 amide bonds. The maximum absolute atomic E-state index is 13.5. The van der Waals surface area contributed by atoms with Crippen LogP contribution in [0.5, 0.6) is 0 Å². The Balaban J connectivity index is 1.98. The second-order valence-electron chi connectivity index (χ2n) is 7.42. The minimum atomic E-state index is -1.28. The first-order valence-electron chi connectivity index (χ1n) is 9.64. The molecule has 0 spiro atoms. The fourth-order valence-corrected chi connectivity index (χ4v) is 4.51. The Kier molecular flexibility index (Phi) is 5.65. The van der Waals surface area contributed by atoms with Crippen LogP contribution >= 0.6 is 0 Å². The SMILES string of the molecule is CCOC(=O)C12CCCC(C(=O)OCC)(CN(Cc3ccccc3)C1)C2=O. The van der Waals surface area contributed by atoms with Gasteiger partial charge in [-0.15, -0.1) is 0 Å². The van der Waals surface area contributed by atoms with Gasteiger partial charge in [-0.3, -0.25) is 19.3 Å². The normalized spacial score (nSPS) is 27.9. The summed E-state index contributed by atoms with van der Waals surface area (Å²) in [6, 6.07) is 9.85. The van der Waals surface area contributed by atoms with E-state index in [9.17, 15) is 14.4 Å². The van der Waals surface area contributed by atoms with Gasteiger partial charge in [-0.2, -0.15) is 0 Å². The van der Waals surface area contributed by atoms with Gasteiger partial charge in [0.25, 0.3) is 0 Å². The Labute approximate surface area is 159 Å². The van der Waals surface area contributed by atoms with Crippen molar-refractivity contribution in [1.29, 1.82) is 0 Å². The summed E-state index contributed by atoms with van der Waals surface area (Å²) < 4.78 is 10.5. The number of likely N-dealkylation sites (tertiary alicyclic amines) is 1. The molecule has 6 heteroatoms. The zero-order valence-electron chi connectivity index (χ0n) is 16.0. The Morgan fingerprint density at radius 1 is 0.963 bits per heavy atom. The van der Waals surface area contributed by atoms with Crippen molar-refractivity contribution in [2.45, 2.75) is 39.7 Å². The van der Waals surface area contributed by atoms with Crippen LogP contribution in [0.1, 0.15) is 38.7 Å². The van der Waals surface area contributed by atoms with Crippen LogP contribution in [0.4, 0.5) is 0 Å². The number of carbonyl (C=O) groups excluding carboxylic acids is 3. The Morgan fingerprint density at radius 2 is 1.48 bits per heavy atom. The lowest BCUT2D eigenvalue weighted by Crippen LogP contribution is -2.67. The first kappa shape index (κ1) is 19.5. The third kappa shape index (κ3) is 3.38. The van der Waals surface area contributed by atoms with Gasteiger partial charge >= 0.3 is 11.9 Å². The summed E-state index contributed by atoms with van der Waals surface area (Å²) in [6.45, 7) is 4.99. The van der Waals surface area contributed by atoms with E-state index in [1.807, 2.05) is 35.2 Å². The molecular weight excluding hydrogens is 346 g/mol. The summed E-state index contributed by atoms with van der Waals surface area (Å²) in [5, 5.41) is 0. The van der Waals surface area contributed by atoms with Gasteiger partial charge < -0.3 is 9.47 Å². The van der Waals surface area contributed by atoms with Crippen molar-refractivity contribution in [2.24, 2.45) is 10.8 Å². The smallest absolute Gasteiger partial charge is 0.320 e. The third-order valence-electron chi connectivity index (χ3n) is 5.64. The largest absolute Gasteiger partial charge is 0.465 e. The summed E-state index contributed by atoms with van der Waals surface area (Å²) in [5.74, 6) is -1.34. The lowest BCUT2D eigenvalue weighted by molar-refractivity contribution is -0.185. The van der Waals surface area contributed by atoms with E-state index in [0.717, 1.165) is 5.56 Å². The van der Waals surface area contributed by atoms with Gasteiger partial charge in [0.1, 0.15) is 10.8 Å². The number of piperidine rings is 1. The molecule has 0 aromatic heterocycles. The fourth-order valence-electron chi connectivity index (χ4n) is 4.51. The number of hydrogen-bond acceptors (Lipinski definition) is 6. The summed E-state index contributed by atoms with van der Waals surface area (Å²) >= 11 is 0. The number of esters is 2. The molecule has 0 N–H and O–H groups in total. The van der Waals surface area contributed by atoms with Gasteiger partial charge in [0.05, 0.1) is 13.2 Å². The topological polar surface area (TPSA) is 72.9 Å². The molecule has 2 unspecified atom stereocenters. The molecule has 2 fully saturated rings. The monoisotopic (exact) mass is 373 g/mol. The van der Waals surface area contributed by atoms with E-state index in [-0.39, 0.29) is 32.1 Å². The summed E-state index contributed by atoms with van der Waals surface area (Å²) in [4.78, 5) is 41.2. The van der Waals surface area contributed by atoms with Gasteiger partial charge in [-0.05, 0) is 32.3 Å². The van der Waals surface area contributed by atoms with Gasteiger partial charge in [-0.25, -0.2) is 0 Å². The first-order chi connectivity index (χ1) is 13.0. The lowest BCUT2D eigenvalue weighted by Gasteiger charge is -2.51. The molecule has 6 nitrogen and oxygen atoms in total. The fraction of sp³-hybridized carbons (Fsp3) is 0.571. The van der Waals surface area contributed by atoms with Crippen molar-refractivity contribution in [3.05, 3.63) is 35.9 Å². The van der Waals surface area contributed by atoms with Crippen LogP contribution < -0.4 is 0 Å². The van der Waals surface area contributed by atoms with Crippen molar-refractivity contribution < 1.29 is 23.9 Å². The standard InChI is InChI=1S/C21H27NO5/c1-3-26-18(24)20-11-8-12-21(17(20)23,19(25)27-4-2)15-22(14-20)13-16-9-6-5-7-10-16/h5-7,9-10H,3-4,8,11-15H2,1-2H3. The molecule has 1 aliphatic heterocycles. The number of benzene rings is 1. The number of nitrogens with zero attached hydrogens (tertiary/aromatic N) is 1. The lowest BCUT2D eigenvalue weighted by atomic mass is 9.57. The van der Waals surface area contributed by atoms with Gasteiger partial charge in [0.15, 0.2) is 5.78 Å². The van der Waals surface area contributed by atoms with Crippen molar-refractivity contribution in [1.82, 2.24) is 4.90 Å². The van der Waals surface area contributed by atoms with Crippen LogP contribution in [0.15, 0.2) is 30.3 Å². The number of hydrogen-bond donors (Lipinski definition) is 0. The second kappa shape index (κ2) is 7.80. The van der Waals surface area contributed by atoms with E-state index in [2.05, 4.69) is 0 Å². The quantitative estimate of drug-likeness (QED) is 0.563. The minimum Gasteiger partial charge on any atom is -0.465 e. The summed E-state index contributed by atoms with van der Waals surface area (Å²) in [5.41, 5.74) is -1.50. The van der Waals surface area contributed by atoms with Crippen LogP contribution in [0.3, 0.4) is 0 Å². The number of ketones is 1. The van der Waals surface area contributed by atoms with Crippen molar-refractivity contribution in [2.75, 3.05) is 26.3 Å². The molecule has 1 aromatic carbocycles. The minimum absolute atomic E-state index is 0.207. The van der Waals surface area contributed by atoms with Gasteiger partial charge in [-0.1, -0.05) is 36.8 Å². The molecule has 2 bridgehead atoms. The van der Waals surface area contributed by atoms with Crippen LogP contribution in [0.2, 0.25) is 0 Å². The number of fused-ring (bicyclic) bond motifs is 2. The van der Waals surface area contributed by atoms with E-state index < -0.39 is 22.8 Å². The highest BCUT2D eigenvalue weighted by atomic mass is 16.5. The predicted octanol–water partition coefficient (Wildman–Crippen LogP) is 2.35. The highest BCUT2D eigenvalue weighted by Gasteiger charge is 2.65. The van der Waals surface area contributed by atoms with Crippen LogP contribution in [-0.4, -0.2) is 48.9 Å². The molecule has 2 atom stereocenters. The number of Topliss-reactive ketones (excluding diaryl/α,β-unsaturated/α-hetero) is 1. The van der Waals surface area contributed by atoms with Gasteiger partial charge in [0.2, 0.25) is 0 Å². The van der Waals surface area contributed by atoms with Gasteiger partial charge in [0, 0.05) is 19.6 Å². The predicted molar refractivity (Wildman–Crippen MR) is 98.7 cm³/mol. The Morgan fingerprint density at radius 3 is 1.96 bits per heavy atom. The van der Waals surface area contributed by atoms with Crippen molar-refractivity contribution in [3.63, 3.8) is 0 Å². The van der Waals surface area contributed by atoms with E-state index in [4.69, 9.17) is 9.47 Å². The highest BCUT2D eigenvalue weighted by molar-refractivity contribution is 6.16. The maximum atomic E-state index is 13.5. The van der Waals surface area contributed by atoms with Crippen LogP contribution in [0, 0.1) is 10.8 Å². The Bertz CT molecular complexity index is 681. The van der Waals surface area contributed by atoms with E-state index in [1.165, 1.54) is 0 Å². The zero-order valence-corrected chi connectivity index (χ0v) is 16.0. The average molecular weight is 373 g/mol. The molecule has 27 heavy (non-hydrogen) atoms. The molecule has 2 aliphatic rings. The average Bonchev–Trinajstić information content (AvgIpc) is 2.64. The van der Waals surface area contributed by atoms with Crippen LogP contribution in [-0.2, 0) is 30.4 Å². The molecule has 146 valence electrons. The van der Waals surface area contributed by atoms with Crippen molar-refractivity contribution in [3.8, 4) is 0 Å². The molecule has 1 aliphatic carbocycles. The Hall–Kier alpha value is -2.21. The van der Waals surface area contributed by atoms with E-state index >= 15 is 0 Å². The number of ether oxygens (including phenoxy) is 2. The molecule has 1 saturated carbocycles. The number of rotatable bonds is 6. The molecule has 1 aromatic rings. The maximum Gasteiger partial charge on any atom is 0.320 e. The number of carbonyl (C=O) groups is 3. The summed E-state index contributed by atoms with van der Waals surface area (Å²) in [7, 11) is 0. The second-order valence-corrected chi connectivity index (χ2v) is 7.42. The van der Waals surface area contributed by atoms with Crippen LogP contribution in [0.25, 0.3) is 0 Å².